The van der Waals surface area contributed by atoms with E-state index in [1.165, 1.54) is 25.0 Å². The predicted molar refractivity (Wildman–Crippen MR) is 81.1 cm³/mol. The number of halogens is 1. The average Bonchev–Trinajstić information content (AvgIpc) is 3.05. The van der Waals surface area contributed by atoms with Crippen LogP contribution >= 0.6 is 0 Å². The summed E-state index contributed by atoms with van der Waals surface area (Å²) in [5.74, 6) is 0.858. The molecule has 0 amide bonds. The molecule has 2 aromatic rings. The van der Waals surface area contributed by atoms with Crippen LogP contribution in [0.1, 0.15) is 12.8 Å². The maximum Gasteiger partial charge on any atom is 0.126 e. The Morgan fingerprint density at radius 3 is 2.91 bits per heavy atom. The van der Waals surface area contributed by atoms with E-state index in [-0.39, 0.29) is 5.82 Å². The van der Waals surface area contributed by atoms with Crippen LogP contribution in [0.3, 0.4) is 0 Å². The lowest BCUT2D eigenvalue weighted by Gasteiger charge is -2.32. The van der Waals surface area contributed by atoms with Crippen molar-refractivity contribution in [1.82, 2.24) is 19.7 Å². The summed E-state index contributed by atoms with van der Waals surface area (Å²) < 4.78 is 20.9. The zero-order chi connectivity index (χ0) is 15.2. The molecule has 1 aromatic heterocycles. The second-order valence-electron chi connectivity index (χ2n) is 5.78. The minimum absolute atomic E-state index is 0.253. The van der Waals surface area contributed by atoms with E-state index in [1.807, 2.05) is 4.57 Å². The highest BCUT2D eigenvalue weighted by atomic mass is 19.1. The molecule has 0 radical (unpaired) electrons. The Kier molecular flexibility index (Phi) is 5.00. The number of hydrogen-bond donors (Lipinski definition) is 0. The SMILES string of the molecule is Fc1cccc(OC[C@H]2CCCN(CCn3cnnc3)C2)c1. The predicted octanol–water partition coefficient (Wildman–Crippen LogP) is 2.21. The number of rotatable bonds is 6. The van der Waals surface area contributed by atoms with Crippen LogP contribution in [0.5, 0.6) is 5.75 Å². The zero-order valence-corrected chi connectivity index (χ0v) is 12.6. The molecule has 1 aliphatic rings. The first-order valence-electron chi connectivity index (χ1n) is 7.73. The van der Waals surface area contributed by atoms with Gasteiger partial charge in [-0.2, -0.15) is 0 Å². The lowest BCUT2D eigenvalue weighted by atomic mass is 9.99. The van der Waals surface area contributed by atoms with Crippen molar-refractivity contribution < 1.29 is 9.13 Å². The van der Waals surface area contributed by atoms with Crippen LogP contribution < -0.4 is 4.74 Å². The molecule has 1 saturated heterocycles. The zero-order valence-electron chi connectivity index (χ0n) is 12.6. The monoisotopic (exact) mass is 304 g/mol. The Bertz CT molecular complexity index is 575. The number of hydrogen-bond acceptors (Lipinski definition) is 4. The summed E-state index contributed by atoms with van der Waals surface area (Å²) in [5.41, 5.74) is 0. The Morgan fingerprint density at radius 2 is 2.09 bits per heavy atom. The number of benzene rings is 1. The van der Waals surface area contributed by atoms with Crippen molar-refractivity contribution in [2.24, 2.45) is 5.92 Å². The molecule has 0 unspecified atom stereocenters. The van der Waals surface area contributed by atoms with Gasteiger partial charge >= 0.3 is 0 Å². The largest absolute Gasteiger partial charge is 0.493 e. The Hall–Kier alpha value is -1.95. The van der Waals surface area contributed by atoms with Gasteiger partial charge in [0.25, 0.3) is 0 Å². The summed E-state index contributed by atoms with van der Waals surface area (Å²) in [4.78, 5) is 2.45. The Morgan fingerprint density at radius 1 is 1.23 bits per heavy atom. The van der Waals surface area contributed by atoms with Crippen LogP contribution in [-0.2, 0) is 6.54 Å². The molecule has 118 valence electrons. The third-order valence-electron chi connectivity index (χ3n) is 4.03. The molecule has 0 bridgehead atoms. The molecule has 0 N–H and O–H groups in total. The van der Waals surface area contributed by atoms with Crippen molar-refractivity contribution in [3.05, 3.63) is 42.7 Å². The van der Waals surface area contributed by atoms with Gasteiger partial charge in [-0.1, -0.05) is 6.07 Å². The van der Waals surface area contributed by atoms with Crippen LogP contribution in [0.25, 0.3) is 0 Å². The van der Waals surface area contributed by atoms with Gasteiger partial charge in [0.05, 0.1) is 6.61 Å². The standard InChI is InChI=1S/C16H21FN4O/c17-15-4-1-5-16(9-15)22-11-14-3-2-6-20(10-14)7-8-21-12-18-19-13-21/h1,4-5,9,12-14H,2-3,6-8,10-11H2/t14-/m0/s1. The molecule has 0 aliphatic carbocycles. The first-order valence-corrected chi connectivity index (χ1v) is 7.73. The van der Waals surface area contributed by atoms with Gasteiger partial charge in [-0.3, -0.25) is 0 Å². The summed E-state index contributed by atoms with van der Waals surface area (Å²) in [5, 5.41) is 7.63. The number of nitrogens with zero attached hydrogens (tertiary/aromatic N) is 4. The molecule has 22 heavy (non-hydrogen) atoms. The second kappa shape index (κ2) is 7.35. The van der Waals surface area contributed by atoms with E-state index in [0.29, 0.717) is 18.3 Å². The van der Waals surface area contributed by atoms with Crippen molar-refractivity contribution in [2.45, 2.75) is 19.4 Å². The summed E-state index contributed by atoms with van der Waals surface area (Å²) in [7, 11) is 0. The van der Waals surface area contributed by atoms with Crippen LogP contribution in [0.4, 0.5) is 4.39 Å². The molecule has 3 rings (SSSR count). The third kappa shape index (κ3) is 4.27. The van der Waals surface area contributed by atoms with Gasteiger partial charge in [0.15, 0.2) is 0 Å². The van der Waals surface area contributed by atoms with Gasteiger partial charge in [0.2, 0.25) is 0 Å². The first-order chi connectivity index (χ1) is 10.8. The van der Waals surface area contributed by atoms with Crippen molar-refractivity contribution in [3.63, 3.8) is 0 Å². The van der Waals surface area contributed by atoms with Crippen LogP contribution in [-0.4, -0.2) is 45.9 Å². The number of ether oxygens (including phenoxy) is 1. The van der Waals surface area contributed by atoms with Crippen LogP contribution in [0.15, 0.2) is 36.9 Å². The van der Waals surface area contributed by atoms with Gasteiger partial charge in [-0.25, -0.2) is 4.39 Å². The number of aromatic nitrogens is 3. The van der Waals surface area contributed by atoms with Crippen molar-refractivity contribution in [3.8, 4) is 5.75 Å². The maximum atomic E-state index is 13.1. The van der Waals surface area contributed by atoms with E-state index in [4.69, 9.17) is 4.74 Å². The Balaban J connectivity index is 1.44. The van der Waals surface area contributed by atoms with E-state index in [0.717, 1.165) is 26.2 Å². The highest BCUT2D eigenvalue weighted by Crippen LogP contribution is 2.19. The van der Waals surface area contributed by atoms with Crippen LogP contribution in [0, 0.1) is 11.7 Å². The van der Waals surface area contributed by atoms with Crippen molar-refractivity contribution in [1.29, 1.82) is 0 Å². The second-order valence-corrected chi connectivity index (χ2v) is 5.78. The fourth-order valence-electron chi connectivity index (χ4n) is 2.86. The first kappa shape index (κ1) is 15.0. The third-order valence-corrected chi connectivity index (χ3v) is 4.03. The summed E-state index contributed by atoms with van der Waals surface area (Å²) >= 11 is 0. The molecule has 1 atom stereocenters. The molecular formula is C16H21FN4O. The van der Waals surface area contributed by atoms with E-state index >= 15 is 0 Å². The minimum Gasteiger partial charge on any atom is -0.493 e. The van der Waals surface area contributed by atoms with Gasteiger partial charge in [-0.15, -0.1) is 10.2 Å². The van der Waals surface area contributed by atoms with E-state index in [9.17, 15) is 4.39 Å². The summed E-state index contributed by atoms with van der Waals surface area (Å²) in [6.07, 6.45) is 5.83. The average molecular weight is 304 g/mol. The van der Waals surface area contributed by atoms with Gasteiger partial charge in [0.1, 0.15) is 24.2 Å². The lowest BCUT2D eigenvalue weighted by molar-refractivity contribution is 0.127. The maximum absolute atomic E-state index is 13.1. The van der Waals surface area contributed by atoms with E-state index in [2.05, 4.69) is 15.1 Å². The number of likely N-dealkylation sites (tertiary alicyclic amines) is 1. The molecule has 1 aliphatic heterocycles. The fraction of sp³-hybridized carbons (Fsp3) is 0.500. The molecule has 1 fully saturated rings. The smallest absolute Gasteiger partial charge is 0.126 e. The van der Waals surface area contributed by atoms with Crippen molar-refractivity contribution >= 4 is 0 Å². The van der Waals surface area contributed by atoms with Crippen LogP contribution in [0.2, 0.25) is 0 Å². The molecule has 1 aromatic carbocycles. The summed E-state index contributed by atoms with van der Waals surface area (Å²) in [6, 6.07) is 6.35. The van der Waals surface area contributed by atoms with Crippen molar-refractivity contribution in [2.75, 3.05) is 26.2 Å². The van der Waals surface area contributed by atoms with Gasteiger partial charge in [-0.05, 0) is 31.5 Å². The topological polar surface area (TPSA) is 43.2 Å². The Labute approximate surface area is 129 Å². The number of piperidine rings is 1. The van der Waals surface area contributed by atoms with E-state index < -0.39 is 0 Å². The molecule has 5 nitrogen and oxygen atoms in total. The molecule has 2 heterocycles. The molecule has 0 saturated carbocycles. The normalized spacial score (nSPS) is 19.2. The minimum atomic E-state index is -0.253. The highest BCUT2D eigenvalue weighted by molar-refractivity contribution is 5.22. The molecule has 6 heteroatoms. The fourth-order valence-corrected chi connectivity index (χ4v) is 2.86. The van der Waals surface area contributed by atoms with Gasteiger partial charge in [0, 0.05) is 31.6 Å². The quantitative estimate of drug-likeness (QED) is 0.820. The summed E-state index contributed by atoms with van der Waals surface area (Å²) in [6.45, 7) is 4.70. The van der Waals surface area contributed by atoms with Gasteiger partial charge < -0.3 is 14.2 Å². The lowest BCUT2D eigenvalue weighted by Crippen LogP contribution is -2.39. The molecule has 0 spiro atoms. The molecular weight excluding hydrogens is 283 g/mol. The van der Waals surface area contributed by atoms with E-state index in [1.54, 1.807) is 24.8 Å². The highest BCUT2D eigenvalue weighted by Gasteiger charge is 2.20.